The molecule has 1 saturated heterocycles. The monoisotopic (exact) mass is 528 g/mol. The number of benzene rings is 2. The highest BCUT2D eigenvalue weighted by Crippen LogP contribution is 2.49. The van der Waals surface area contributed by atoms with Gasteiger partial charge in [-0.15, -0.1) is 0 Å². The largest absolute Gasteiger partial charge is 0.395 e. The minimum Gasteiger partial charge on any atom is -0.395 e. The lowest BCUT2D eigenvalue weighted by Gasteiger charge is -2.22. The Kier molecular flexibility index (Phi) is 6.22. The molecule has 6 rings (SSSR count). The van der Waals surface area contributed by atoms with Gasteiger partial charge < -0.3 is 10.4 Å². The fraction of sp³-hybridized carbons (Fsp3) is 0.276. The highest BCUT2D eigenvalue weighted by molar-refractivity contribution is 7.89. The normalized spacial score (nSPS) is 18.9. The molecule has 1 aliphatic heterocycles. The summed E-state index contributed by atoms with van der Waals surface area (Å²) < 4.78 is 27.5. The van der Waals surface area contributed by atoms with E-state index in [0.29, 0.717) is 24.5 Å². The topological polar surface area (TPSA) is 112 Å². The zero-order valence-electron chi connectivity index (χ0n) is 20.7. The predicted octanol–water partition coefficient (Wildman–Crippen LogP) is 4.11. The van der Waals surface area contributed by atoms with Crippen molar-refractivity contribution in [1.29, 1.82) is 0 Å². The van der Waals surface area contributed by atoms with Gasteiger partial charge in [-0.2, -0.15) is 4.31 Å². The summed E-state index contributed by atoms with van der Waals surface area (Å²) >= 11 is 0. The lowest BCUT2D eigenvalue weighted by atomic mass is 9.93. The Balaban J connectivity index is 1.20. The van der Waals surface area contributed by atoms with Crippen molar-refractivity contribution >= 4 is 32.7 Å². The van der Waals surface area contributed by atoms with Crippen molar-refractivity contribution < 1.29 is 18.3 Å². The van der Waals surface area contributed by atoms with Crippen LogP contribution in [0.3, 0.4) is 0 Å². The minimum atomic E-state index is -3.68. The van der Waals surface area contributed by atoms with Gasteiger partial charge in [0.05, 0.1) is 28.1 Å². The Morgan fingerprint density at radius 2 is 1.87 bits per heavy atom. The van der Waals surface area contributed by atoms with Crippen LogP contribution < -0.4 is 5.32 Å². The number of aromatic nitrogens is 2. The molecule has 2 aromatic heterocycles. The maximum Gasteiger partial charge on any atom is 0.243 e. The molecule has 2 aliphatic rings. The Hall–Kier alpha value is -3.66. The number of hydrogen-bond acceptors (Lipinski definition) is 6. The highest BCUT2D eigenvalue weighted by Gasteiger charge is 2.51. The molecule has 2 N–H and O–H groups in total. The van der Waals surface area contributed by atoms with Gasteiger partial charge in [0.25, 0.3) is 0 Å². The van der Waals surface area contributed by atoms with Crippen molar-refractivity contribution in [3.63, 3.8) is 0 Å². The quantitative estimate of drug-likeness (QED) is 0.373. The van der Waals surface area contributed by atoms with Gasteiger partial charge in [0.2, 0.25) is 15.9 Å². The lowest BCUT2D eigenvalue weighted by molar-refractivity contribution is -0.118. The molecular weight excluding hydrogens is 500 g/mol. The second kappa shape index (κ2) is 9.58. The van der Waals surface area contributed by atoms with Gasteiger partial charge in [-0.1, -0.05) is 30.3 Å². The van der Waals surface area contributed by atoms with Gasteiger partial charge >= 0.3 is 0 Å². The molecule has 0 bridgehead atoms. The number of carbonyl (C=O) groups is 1. The van der Waals surface area contributed by atoms with Crippen molar-refractivity contribution in [2.24, 2.45) is 0 Å². The Morgan fingerprint density at radius 3 is 2.63 bits per heavy atom. The SMILES string of the molecule is O=C(Nc1cccc(-c2ccc(S(=O)(=O)N3CCC[C@@H]3CO)cc2)n1)C1(c2ccc3ncccc3c2)CC1. The summed E-state index contributed by atoms with van der Waals surface area (Å²) in [5.41, 5.74) is 2.67. The van der Waals surface area contributed by atoms with E-state index in [1.54, 1.807) is 36.5 Å². The van der Waals surface area contributed by atoms with Crippen molar-refractivity contribution in [2.45, 2.75) is 42.0 Å². The molecule has 1 amide bonds. The van der Waals surface area contributed by atoms with Crippen molar-refractivity contribution in [3.05, 3.63) is 84.6 Å². The molecule has 4 aromatic rings. The highest BCUT2D eigenvalue weighted by atomic mass is 32.2. The van der Waals surface area contributed by atoms with Crippen LogP contribution in [0, 0.1) is 0 Å². The summed E-state index contributed by atoms with van der Waals surface area (Å²) in [5.74, 6) is 0.358. The number of aliphatic hydroxyl groups excluding tert-OH is 1. The van der Waals surface area contributed by atoms with E-state index < -0.39 is 15.4 Å². The minimum absolute atomic E-state index is 0.0871. The van der Waals surface area contributed by atoms with Gasteiger partial charge in [0, 0.05) is 29.7 Å². The molecule has 9 heteroatoms. The number of rotatable bonds is 7. The van der Waals surface area contributed by atoms with E-state index in [2.05, 4.69) is 15.3 Å². The van der Waals surface area contributed by atoms with E-state index in [4.69, 9.17) is 0 Å². The van der Waals surface area contributed by atoms with Gasteiger partial charge in [-0.05, 0) is 73.7 Å². The number of hydrogen-bond donors (Lipinski definition) is 2. The molecule has 2 fully saturated rings. The number of aliphatic hydroxyl groups is 1. The molecule has 1 aliphatic carbocycles. The zero-order chi connectivity index (χ0) is 26.3. The van der Waals surface area contributed by atoms with E-state index in [-0.39, 0.29) is 23.5 Å². The summed E-state index contributed by atoms with van der Waals surface area (Å²) in [6.45, 7) is 0.231. The molecule has 2 aromatic carbocycles. The first-order chi connectivity index (χ1) is 18.4. The fourth-order valence-corrected chi connectivity index (χ4v) is 6.97. The van der Waals surface area contributed by atoms with E-state index >= 15 is 0 Å². The van der Waals surface area contributed by atoms with Gasteiger partial charge in [-0.3, -0.25) is 9.78 Å². The standard InChI is InChI=1S/C29H28N4O4S/c34-19-23-5-3-17-33(23)38(36,37)24-11-8-20(9-12-24)26-6-1-7-27(31-26)32-28(35)29(14-15-29)22-10-13-25-21(18-22)4-2-16-30-25/h1-2,4,6-13,16,18,23,34H,3,5,14-15,17,19H2,(H,31,32,35)/t23-/m1/s1. The summed E-state index contributed by atoms with van der Waals surface area (Å²) in [7, 11) is -3.68. The van der Waals surface area contributed by atoms with Crippen molar-refractivity contribution in [2.75, 3.05) is 18.5 Å². The van der Waals surface area contributed by atoms with Crippen LogP contribution in [0.5, 0.6) is 0 Å². The fourth-order valence-electron chi connectivity index (χ4n) is 5.29. The third-order valence-electron chi connectivity index (χ3n) is 7.62. The zero-order valence-corrected chi connectivity index (χ0v) is 21.6. The van der Waals surface area contributed by atoms with Gasteiger partial charge in [0.15, 0.2) is 0 Å². The first kappa shape index (κ1) is 24.7. The number of carbonyl (C=O) groups excluding carboxylic acids is 1. The lowest BCUT2D eigenvalue weighted by Crippen LogP contribution is -2.37. The average molecular weight is 529 g/mol. The number of amides is 1. The maximum absolute atomic E-state index is 13.4. The van der Waals surface area contributed by atoms with Gasteiger partial charge in [-0.25, -0.2) is 13.4 Å². The molecule has 3 heterocycles. The number of nitrogens with zero attached hydrogens (tertiary/aromatic N) is 3. The Morgan fingerprint density at radius 1 is 1.05 bits per heavy atom. The van der Waals surface area contributed by atoms with Crippen LogP contribution in [0.1, 0.15) is 31.2 Å². The molecule has 0 radical (unpaired) electrons. The second-order valence-corrected chi connectivity index (χ2v) is 11.9. The first-order valence-corrected chi connectivity index (χ1v) is 14.2. The second-order valence-electron chi connectivity index (χ2n) is 9.97. The van der Waals surface area contributed by atoms with Crippen LogP contribution in [0.4, 0.5) is 5.82 Å². The molecular formula is C29H28N4O4S. The molecule has 1 atom stereocenters. The van der Waals surface area contributed by atoms with Crippen LogP contribution >= 0.6 is 0 Å². The summed E-state index contributed by atoms with van der Waals surface area (Å²) in [6, 6.07) is 21.5. The van der Waals surface area contributed by atoms with Gasteiger partial charge in [0.1, 0.15) is 5.82 Å². The third-order valence-corrected chi connectivity index (χ3v) is 9.59. The average Bonchev–Trinajstić information content (AvgIpc) is 3.62. The van der Waals surface area contributed by atoms with Crippen LogP contribution in [-0.2, 0) is 20.2 Å². The summed E-state index contributed by atoms with van der Waals surface area (Å²) in [4.78, 5) is 22.5. The molecule has 38 heavy (non-hydrogen) atoms. The summed E-state index contributed by atoms with van der Waals surface area (Å²) in [6.07, 6.45) is 4.70. The van der Waals surface area contributed by atoms with Crippen LogP contribution in [-0.4, -0.2) is 52.9 Å². The Bertz CT molecular complexity index is 1620. The molecule has 194 valence electrons. The number of sulfonamides is 1. The summed E-state index contributed by atoms with van der Waals surface area (Å²) in [5, 5.41) is 13.5. The number of pyridine rings is 2. The molecule has 8 nitrogen and oxygen atoms in total. The molecule has 0 spiro atoms. The van der Waals surface area contributed by atoms with E-state index in [0.717, 1.165) is 41.3 Å². The number of nitrogens with one attached hydrogen (secondary N) is 1. The van der Waals surface area contributed by atoms with Crippen LogP contribution in [0.25, 0.3) is 22.2 Å². The first-order valence-electron chi connectivity index (χ1n) is 12.8. The van der Waals surface area contributed by atoms with E-state index in [1.807, 2.05) is 42.5 Å². The number of fused-ring (bicyclic) bond motifs is 1. The molecule has 0 unspecified atom stereocenters. The van der Waals surface area contributed by atoms with Crippen LogP contribution in [0.2, 0.25) is 0 Å². The smallest absolute Gasteiger partial charge is 0.243 e. The molecule has 1 saturated carbocycles. The predicted molar refractivity (Wildman–Crippen MR) is 145 cm³/mol. The van der Waals surface area contributed by atoms with Crippen molar-refractivity contribution in [1.82, 2.24) is 14.3 Å². The number of anilines is 1. The maximum atomic E-state index is 13.4. The Labute approximate surface area is 221 Å². The van der Waals surface area contributed by atoms with Crippen molar-refractivity contribution in [3.8, 4) is 11.3 Å². The van der Waals surface area contributed by atoms with E-state index in [9.17, 15) is 18.3 Å². The van der Waals surface area contributed by atoms with Crippen LogP contribution in [0.15, 0.2) is 83.9 Å². The third kappa shape index (κ3) is 4.36. The van der Waals surface area contributed by atoms with E-state index in [1.165, 1.54) is 4.31 Å².